The summed E-state index contributed by atoms with van der Waals surface area (Å²) in [7, 11) is 0. The highest BCUT2D eigenvalue weighted by Gasteiger charge is 2.23. The molecule has 0 fully saturated rings. The van der Waals surface area contributed by atoms with Crippen molar-refractivity contribution in [3.63, 3.8) is 0 Å². The molecule has 0 aliphatic carbocycles. The van der Waals surface area contributed by atoms with Gasteiger partial charge in [0.05, 0.1) is 5.57 Å². The van der Waals surface area contributed by atoms with Crippen molar-refractivity contribution in [2.75, 3.05) is 0 Å². The second-order valence-electron chi connectivity index (χ2n) is 5.92. The van der Waals surface area contributed by atoms with Crippen molar-refractivity contribution in [2.24, 2.45) is 0 Å². The van der Waals surface area contributed by atoms with Crippen LogP contribution in [0, 0.1) is 0 Å². The summed E-state index contributed by atoms with van der Waals surface area (Å²) in [5, 5.41) is 8.46. The van der Waals surface area contributed by atoms with Gasteiger partial charge in [0, 0.05) is 0 Å². The Labute approximate surface area is 152 Å². The topological polar surface area (TPSA) is 101 Å². The van der Waals surface area contributed by atoms with Crippen LogP contribution >= 0.6 is 0 Å². The molecule has 8 nitrogen and oxygen atoms in total. The van der Waals surface area contributed by atoms with Crippen molar-refractivity contribution in [1.29, 1.82) is 0 Å². The number of carbonyl (C=O) groups is 2. The first-order chi connectivity index (χ1) is 12.1. The molecule has 0 amide bonds. The van der Waals surface area contributed by atoms with Gasteiger partial charge >= 0.3 is 12.1 Å². The van der Waals surface area contributed by atoms with Crippen molar-refractivity contribution in [3.05, 3.63) is 47.7 Å². The first-order valence-corrected chi connectivity index (χ1v) is 7.94. The Morgan fingerprint density at radius 2 is 1.65 bits per heavy atom. The number of hydrogen-bond donors (Lipinski definition) is 1. The molecule has 2 unspecified atom stereocenters. The molecule has 0 heterocycles. The van der Waals surface area contributed by atoms with Crippen LogP contribution in [0.25, 0.3) is 0 Å². The number of benzene rings is 1. The Balaban J connectivity index is 2.48. The number of carbonyl (C=O) groups excluding carboxylic acids is 1. The first-order valence-electron chi connectivity index (χ1n) is 7.94. The van der Waals surface area contributed by atoms with Gasteiger partial charge in [-0.2, -0.15) is 4.89 Å². The molecule has 0 bridgehead atoms. The van der Waals surface area contributed by atoms with Crippen LogP contribution in [-0.4, -0.2) is 29.8 Å². The third kappa shape index (κ3) is 7.54. The Morgan fingerprint density at radius 1 is 1.08 bits per heavy atom. The van der Waals surface area contributed by atoms with E-state index in [9.17, 15) is 9.59 Å². The molecule has 1 N–H and O–H groups in total. The van der Waals surface area contributed by atoms with Crippen LogP contribution in [0.1, 0.15) is 40.2 Å². The van der Waals surface area contributed by atoms with Crippen molar-refractivity contribution in [3.8, 4) is 0 Å². The van der Waals surface area contributed by atoms with E-state index in [-0.39, 0.29) is 5.57 Å². The lowest BCUT2D eigenvalue weighted by Crippen LogP contribution is -2.26. The van der Waals surface area contributed by atoms with E-state index in [2.05, 4.69) is 4.74 Å². The summed E-state index contributed by atoms with van der Waals surface area (Å²) in [5.41, 5.74) is 0.321. The summed E-state index contributed by atoms with van der Waals surface area (Å²) in [6, 6.07) is 9.46. The molecule has 2 atom stereocenters. The molecule has 0 aliphatic rings. The van der Waals surface area contributed by atoms with Crippen LogP contribution in [0.3, 0.4) is 0 Å². The van der Waals surface area contributed by atoms with Gasteiger partial charge in [0.25, 0.3) is 0 Å². The largest absolute Gasteiger partial charge is 0.508 e. The molecule has 0 saturated carbocycles. The summed E-state index contributed by atoms with van der Waals surface area (Å²) in [4.78, 5) is 32.7. The minimum atomic E-state index is -1.49. The van der Waals surface area contributed by atoms with Crippen molar-refractivity contribution < 1.29 is 38.7 Å². The third-order valence-corrected chi connectivity index (χ3v) is 3.20. The minimum Gasteiger partial charge on any atom is -0.450 e. The van der Waals surface area contributed by atoms with Gasteiger partial charge in [-0.05, 0) is 40.2 Å². The third-order valence-electron chi connectivity index (χ3n) is 3.20. The van der Waals surface area contributed by atoms with Gasteiger partial charge < -0.3 is 24.2 Å². The van der Waals surface area contributed by atoms with Crippen LogP contribution in [0.5, 0.6) is 0 Å². The highest BCUT2D eigenvalue weighted by atomic mass is 17.2. The molecular formula is C18H24O8. The van der Waals surface area contributed by atoms with E-state index >= 15 is 0 Å². The smallest absolute Gasteiger partial charge is 0.450 e. The van der Waals surface area contributed by atoms with Crippen molar-refractivity contribution in [2.45, 2.75) is 52.8 Å². The number of hydrogen-bond acceptors (Lipinski definition) is 7. The number of ether oxygens (including phenoxy) is 3. The van der Waals surface area contributed by atoms with Crippen LogP contribution < -0.4 is 0 Å². The van der Waals surface area contributed by atoms with Crippen molar-refractivity contribution in [1.82, 2.24) is 0 Å². The maximum Gasteiger partial charge on any atom is 0.508 e. The highest BCUT2D eigenvalue weighted by molar-refractivity contribution is 5.87. The molecule has 0 spiro atoms. The van der Waals surface area contributed by atoms with Gasteiger partial charge in [0.2, 0.25) is 12.6 Å². The van der Waals surface area contributed by atoms with Crippen molar-refractivity contribution >= 4 is 12.1 Å². The lowest BCUT2D eigenvalue weighted by atomic mass is 9.99. The quantitative estimate of drug-likeness (QED) is 0.176. The zero-order valence-electron chi connectivity index (χ0n) is 15.4. The number of esters is 1. The summed E-state index contributed by atoms with van der Waals surface area (Å²) in [6.07, 6.45) is -2.46. The molecule has 1 rings (SSSR count). The summed E-state index contributed by atoms with van der Waals surface area (Å²) in [6.45, 7) is 7.92. The van der Waals surface area contributed by atoms with Gasteiger partial charge in [-0.3, -0.25) is 0 Å². The fraction of sp³-hybridized carbons (Fsp3) is 0.444. The second-order valence-corrected chi connectivity index (χ2v) is 5.92. The normalized spacial score (nSPS) is 14.3. The monoisotopic (exact) mass is 368 g/mol. The average Bonchev–Trinajstić information content (AvgIpc) is 2.54. The van der Waals surface area contributed by atoms with Gasteiger partial charge in [0.1, 0.15) is 11.9 Å². The fourth-order valence-electron chi connectivity index (χ4n) is 1.86. The van der Waals surface area contributed by atoms with Crippen LogP contribution in [0.4, 0.5) is 4.79 Å². The molecule has 1 aromatic rings. The van der Waals surface area contributed by atoms with E-state index < -0.39 is 30.3 Å². The van der Waals surface area contributed by atoms with E-state index in [1.807, 2.05) is 44.2 Å². The first kappa shape index (κ1) is 21.5. The molecule has 0 aromatic heterocycles. The zero-order valence-corrected chi connectivity index (χ0v) is 15.4. The minimum absolute atomic E-state index is 0.135. The van der Waals surface area contributed by atoms with Gasteiger partial charge in [-0.25, -0.2) is 9.59 Å². The summed E-state index contributed by atoms with van der Waals surface area (Å²) >= 11 is 0. The molecular weight excluding hydrogens is 344 g/mol. The maximum absolute atomic E-state index is 11.9. The standard InChI is InChI=1S/C18H24O8/c1-12(16(19)24-13(2)23-14(3)25-17(20)21)11-22-26-18(4,5)15-9-7-6-8-10-15/h6-11,13-14H,1-5H3,(H,20,21). The molecule has 0 radical (unpaired) electrons. The molecule has 26 heavy (non-hydrogen) atoms. The molecule has 8 heteroatoms. The predicted molar refractivity (Wildman–Crippen MR) is 90.6 cm³/mol. The Kier molecular flexibility index (Phi) is 8.08. The Morgan fingerprint density at radius 3 is 2.23 bits per heavy atom. The van der Waals surface area contributed by atoms with E-state index in [0.29, 0.717) is 0 Å². The van der Waals surface area contributed by atoms with E-state index in [4.69, 9.17) is 24.4 Å². The SMILES string of the molecule is CC(=COOC(C)(C)c1ccccc1)C(=O)OC(C)OC(C)OC(=O)O. The molecule has 0 aliphatic heterocycles. The summed E-state index contributed by atoms with van der Waals surface area (Å²) < 4.78 is 14.4. The highest BCUT2D eigenvalue weighted by Crippen LogP contribution is 2.24. The van der Waals surface area contributed by atoms with Gasteiger partial charge in [0.15, 0.2) is 0 Å². The van der Waals surface area contributed by atoms with Gasteiger partial charge in [-0.1, -0.05) is 30.3 Å². The number of rotatable bonds is 9. The molecule has 144 valence electrons. The van der Waals surface area contributed by atoms with Gasteiger partial charge in [-0.15, -0.1) is 0 Å². The van der Waals surface area contributed by atoms with Crippen LogP contribution in [-0.2, 0) is 34.4 Å². The molecule has 1 aromatic carbocycles. The van der Waals surface area contributed by atoms with Crippen LogP contribution in [0.15, 0.2) is 42.2 Å². The predicted octanol–water partition coefficient (Wildman–Crippen LogP) is 3.72. The van der Waals surface area contributed by atoms with E-state index in [1.165, 1.54) is 20.8 Å². The Bertz CT molecular complexity index is 623. The van der Waals surface area contributed by atoms with E-state index in [1.54, 1.807) is 0 Å². The summed E-state index contributed by atoms with van der Waals surface area (Å²) in [5.74, 6) is -0.707. The van der Waals surface area contributed by atoms with E-state index in [0.717, 1.165) is 11.8 Å². The average molecular weight is 368 g/mol. The Hall–Kier alpha value is -2.58. The maximum atomic E-state index is 11.9. The lowest BCUT2D eigenvalue weighted by Gasteiger charge is -2.23. The lowest BCUT2D eigenvalue weighted by molar-refractivity contribution is -0.322. The second kappa shape index (κ2) is 9.79. The fourth-order valence-corrected chi connectivity index (χ4v) is 1.86. The number of carboxylic acid groups (broad SMARTS) is 1. The van der Waals surface area contributed by atoms with Crippen LogP contribution in [0.2, 0.25) is 0 Å². The zero-order chi connectivity index (χ0) is 19.7. The molecule has 0 saturated heterocycles.